The van der Waals surface area contributed by atoms with Crippen molar-refractivity contribution in [3.05, 3.63) is 58.1 Å². The lowest BCUT2D eigenvalue weighted by Crippen LogP contribution is -2.40. The van der Waals surface area contributed by atoms with Gasteiger partial charge in [0, 0.05) is 37.6 Å². The van der Waals surface area contributed by atoms with E-state index in [9.17, 15) is 8.78 Å². The van der Waals surface area contributed by atoms with Gasteiger partial charge in [-0.25, -0.2) is 8.78 Å². The minimum absolute atomic E-state index is 0.0390. The van der Waals surface area contributed by atoms with Gasteiger partial charge in [0.2, 0.25) is 0 Å². The molecule has 1 fully saturated rings. The molecule has 154 valence electrons. The van der Waals surface area contributed by atoms with E-state index >= 15 is 0 Å². The molecule has 4 nitrogen and oxygen atoms in total. The van der Waals surface area contributed by atoms with E-state index in [1.807, 2.05) is 9.80 Å². The van der Waals surface area contributed by atoms with Crippen LogP contribution in [0.3, 0.4) is 0 Å². The van der Waals surface area contributed by atoms with E-state index in [2.05, 4.69) is 10.6 Å². The number of halogens is 4. The number of thiocarbonyl (C=S) groups is 2. The van der Waals surface area contributed by atoms with Crippen LogP contribution in [0.4, 0.5) is 20.2 Å². The highest BCUT2D eigenvalue weighted by atomic mass is 35.5. The normalized spacial score (nSPS) is 14.3. The van der Waals surface area contributed by atoms with Gasteiger partial charge in [-0.3, -0.25) is 0 Å². The second-order valence-corrected chi connectivity index (χ2v) is 8.03. The molecule has 1 saturated heterocycles. The molecular weight excluding hydrogens is 457 g/mol. The second kappa shape index (κ2) is 9.84. The molecule has 0 aliphatic carbocycles. The molecule has 3 rings (SSSR count). The maximum atomic E-state index is 13.3. The Labute approximate surface area is 188 Å². The zero-order valence-corrected chi connectivity index (χ0v) is 18.4. The molecule has 1 aliphatic rings. The van der Waals surface area contributed by atoms with Crippen LogP contribution >= 0.6 is 47.6 Å². The maximum Gasteiger partial charge on any atom is 0.173 e. The van der Waals surface area contributed by atoms with Gasteiger partial charge in [-0.05, 0) is 67.3 Å². The molecule has 2 N–H and O–H groups in total. The number of nitrogens with one attached hydrogen (secondary N) is 2. The van der Waals surface area contributed by atoms with E-state index in [1.54, 1.807) is 12.1 Å². The SMILES string of the molecule is Fc1ccc(NC(=S)N2CCCN(C(=S)Nc3ccc(F)c(Cl)c3)CC2)cc1Cl. The van der Waals surface area contributed by atoms with Gasteiger partial charge in [-0.2, -0.15) is 0 Å². The summed E-state index contributed by atoms with van der Waals surface area (Å²) >= 11 is 22.6. The molecular formula is C19H18Cl2F2N4S2. The Hall–Kier alpha value is -1.74. The highest BCUT2D eigenvalue weighted by Crippen LogP contribution is 2.21. The first-order chi connectivity index (χ1) is 13.8. The van der Waals surface area contributed by atoms with Gasteiger partial charge in [0.15, 0.2) is 10.2 Å². The first kappa shape index (κ1) is 22.0. The van der Waals surface area contributed by atoms with E-state index in [4.69, 9.17) is 47.6 Å². The zero-order valence-electron chi connectivity index (χ0n) is 15.2. The second-order valence-electron chi connectivity index (χ2n) is 6.45. The Balaban J connectivity index is 1.56. The predicted octanol–water partition coefficient (Wildman–Crippen LogP) is 5.37. The molecule has 0 bridgehead atoms. The average Bonchev–Trinajstić information content (AvgIpc) is 2.94. The van der Waals surface area contributed by atoms with Gasteiger partial charge in [-0.15, -0.1) is 0 Å². The predicted molar refractivity (Wildman–Crippen MR) is 123 cm³/mol. The van der Waals surface area contributed by atoms with Gasteiger partial charge in [0.25, 0.3) is 0 Å². The van der Waals surface area contributed by atoms with Crippen LogP contribution in [0.5, 0.6) is 0 Å². The standard InChI is InChI=1S/C19H18Cl2F2N4S2/c20-14-10-12(2-4-16(14)22)24-18(28)26-6-1-7-27(9-8-26)19(29)25-13-3-5-17(23)15(21)11-13/h2-5,10-11H,1,6-9H2,(H,24,28)(H,25,29). The molecule has 0 aromatic heterocycles. The topological polar surface area (TPSA) is 30.5 Å². The fourth-order valence-electron chi connectivity index (χ4n) is 2.88. The molecule has 29 heavy (non-hydrogen) atoms. The quantitative estimate of drug-likeness (QED) is 0.568. The molecule has 0 atom stereocenters. The molecule has 2 aromatic carbocycles. The minimum Gasteiger partial charge on any atom is -0.347 e. The van der Waals surface area contributed by atoms with E-state index in [0.29, 0.717) is 34.7 Å². The molecule has 2 aromatic rings. The van der Waals surface area contributed by atoms with E-state index < -0.39 is 11.6 Å². The summed E-state index contributed by atoms with van der Waals surface area (Å²) in [4.78, 5) is 4.06. The van der Waals surface area contributed by atoms with Gasteiger partial charge in [0.1, 0.15) is 11.6 Å². The summed E-state index contributed by atoms with van der Waals surface area (Å²) in [5.41, 5.74) is 1.26. The molecule has 0 unspecified atom stereocenters. The van der Waals surface area contributed by atoms with Crippen molar-refractivity contribution >= 4 is 69.2 Å². The Morgan fingerprint density at radius 3 is 1.55 bits per heavy atom. The largest absolute Gasteiger partial charge is 0.347 e. The number of benzene rings is 2. The molecule has 0 amide bonds. The van der Waals surface area contributed by atoms with Crippen LogP contribution in [-0.4, -0.2) is 46.2 Å². The Morgan fingerprint density at radius 1 is 0.759 bits per heavy atom. The molecule has 0 saturated carbocycles. The summed E-state index contributed by atoms with van der Waals surface area (Å²) < 4.78 is 26.6. The van der Waals surface area contributed by atoms with Crippen molar-refractivity contribution in [1.82, 2.24) is 9.80 Å². The average molecular weight is 475 g/mol. The fraction of sp³-hybridized carbons (Fsp3) is 0.263. The van der Waals surface area contributed by atoms with Crippen LogP contribution in [0, 0.1) is 11.6 Å². The van der Waals surface area contributed by atoms with Crippen LogP contribution in [0.25, 0.3) is 0 Å². The lowest BCUT2D eigenvalue weighted by Gasteiger charge is -2.26. The number of nitrogens with zero attached hydrogens (tertiary/aromatic N) is 2. The van der Waals surface area contributed by atoms with Crippen molar-refractivity contribution in [2.75, 3.05) is 36.8 Å². The van der Waals surface area contributed by atoms with Gasteiger partial charge in [0.05, 0.1) is 10.0 Å². The third-order valence-electron chi connectivity index (χ3n) is 4.41. The highest BCUT2D eigenvalue weighted by Gasteiger charge is 2.19. The van der Waals surface area contributed by atoms with Crippen molar-refractivity contribution in [3.8, 4) is 0 Å². The summed E-state index contributed by atoms with van der Waals surface area (Å²) in [6, 6.07) is 8.77. The molecule has 1 heterocycles. The molecule has 0 radical (unpaired) electrons. The third kappa shape index (κ3) is 5.88. The van der Waals surface area contributed by atoms with E-state index in [1.165, 1.54) is 24.3 Å². The van der Waals surface area contributed by atoms with E-state index in [0.717, 1.165) is 19.5 Å². The smallest absolute Gasteiger partial charge is 0.173 e. The van der Waals surface area contributed by atoms with Crippen LogP contribution < -0.4 is 10.6 Å². The van der Waals surface area contributed by atoms with Crippen LogP contribution in [0.2, 0.25) is 10.0 Å². The first-order valence-electron chi connectivity index (χ1n) is 8.85. The number of hydrogen-bond donors (Lipinski definition) is 2. The van der Waals surface area contributed by atoms with Crippen molar-refractivity contribution in [3.63, 3.8) is 0 Å². The highest BCUT2D eigenvalue weighted by molar-refractivity contribution is 7.80. The van der Waals surface area contributed by atoms with Gasteiger partial charge >= 0.3 is 0 Å². The Morgan fingerprint density at radius 2 is 1.17 bits per heavy atom. The van der Waals surface area contributed by atoms with Gasteiger partial charge < -0.3 is 20.4 Å². The van der Waals surface area contributed by atoms with Crippen molar-refractivity contribution in [2.45, 2.75) is 6.42 Å². The summed E-state index contributed by atoms with van der Waals surface area (Å²) in [7, 11) is 0. The molecule has 10 heteroatoms. The van der Waals surface area contributed by atoms with Crippen LogP contribution in [0.15, 0.2) is 36.4 Å². The van der Waals surface area contributed by atoms with Crippen LogP contribution in [-0.2, 0) is 0 Å². The Bertz CT molecular complexity index is 856. The summed E-state index contributed by atoms with van der Waals surface area (Å²) in [6.45, 7) is 2.82. The first-order valence-corrected chi connectivity index (χ1v) is 10.4. The molecule has 1 aliphatic heterocycles. The van der Waals surface area contributed by atoms with Crippen molar-refractivity contribution in [1.29, 1.82) is 0 Å². The lowest BCUT2D eigenvalue weighted by atomic mass is 10.3. The maximum absolute atomic E-state index is 13.3. The van der Waals surface area contributed by atoms with Crippen LogP contribution in [0.1, 0.15) is 6.42 Å². The fourth-order valence-corrected chi connectivity index (χ4v) is 3.84. The summed E-state index contributed by atoms with van der Waals surface area (Å²) in [6.07, 6.45) is 0.845. The number of rotatable bonds is 2. The van der Waals surface area contributed by atoms with Crippen molar-refractivity contribution in [2.24, 2.45) is 0 Å². The third-order valence-corrected chi connectivity index (χ3v) is 5.71. The molecule has 0 spiro atoms. The lowest BCUT2D eigenvalue weighted by molar-refractivity contribution is 0.418. The summed E-state index contributed by atoms with van der Waals surface area (Å²) in [5.74, 6) is -0.950. The monoisotopic (exact) mass is 474 g/mol. The van der Waals surface area contributed by atoms with Gasteiger partial charge in [-0.1, -0.05) is 23.2 Å². The number of hydrogen-bond acceptors (Lipinski definition) is 2. The number of anilines is 2. The van der Waals surface area contributed by atoms with Crippen molar-refractivity contribution < 1.29 is 8.78 Å². The summed E-state index contributed by atoms with van der Waals surface area (Å²) in [5, 5.41) is 7.34. The minimum atomic E-state index is -0.475. The van der Waals surface area contributed by atoms with E-state index in [-0.39, 0.29) is 10.0 Å². The Kier molecular flexibility index (Phi) is 7.45. The zero-order chi connectivity index (χ0) is 21.0.